The van der Waals surface area contributed by atoms with Gasteiger partial charge in [-0.05, 0) is 49.3 Å². The Labute approximate surface area is 155 Å². The van der Waals surface area contributed by atoms with E-state index in [-0.39, 0.29) is 11.8 Å². The first-order valence-corrected chi connectivity index (χ1v) is 10.0. The molecular weight excluding hydrogens is 326 g/mol. The molecule has 2 amide bonds. The largest absolute Gasteiger partial charge is 0.372 e. The third-order valence-corrected chi connectivity index (χ3v) is 6.20. The number of carbonyl (C=O) groups excluding carboxylic acids is 2. The Morgan fingerprint density at radius 3 is 2.31 bits per heavy atom. The smallest absolute Gasteiger partial charge is 0.254 e. The van der Waals surface area contributed by atoms with Gasteiger partial charge in [-0.3, -0.25) is 9.59 Å². The number of anilines is 1. The van der Waals surface area contributed by atoms with Gasteiger partial charge in [-0.2, -0.15) is 0 Å². The lowest BCUT2D eigenvalue weighted by Crippen LogP contribution is -2.50. The maximum atomic E-state index is 12.9. The summed E-state index contributed by atoms with van der Waals surface area (Å²) in [4.78, 5) is 31.4. The van der Waals surface area contributed by atoms with Crippen LogP contribution in [0.25, 0.3) is 0 Å². The highest BCUT2D eigenvalue weighted by Gasteiger charge is 2.36. The van der Waals surface area contributed by atoms with Crippen molar-refractivity contribution in [1.82, 2.24) is 9.80 Å². The van der Waals surface area contributed by atoms with E-state index in [0.717, 1.165) is 24.3 Å². The molecule has 140 valence electrons. The summed E-state index contributed by atoms with van der Waals surface area (Å²) in [5.41, 5.74) is 1.92. The molecule has 1 aromatic carbocycles. The number of piperazine rings is 1. The van der Waals surface area contributed by atoms with E-state index >= 15 is 0 Å². The molecule has 2 aliphatic heterocycles. The van der Waals surface area contributed by atoms with Crippen LogP contribution in [0, 0.1) is 11.8 Å². The summed E-state index contributed by atoms with van der Waals surface area (Å²) in [5, 5.41) is 0. The van der Waals surface area contributed by atoms with Gasteiger partial charge in [-0.1, -0.05) is 13.0 Å². The van der Waals surface area contributed by atoms with Crippen LogP contribution in [0.5, 0.6) is 0 Å². The fourth-order valence-corrected chi connectivity index (χ4v) is 4.19. The van der Waals surface area contributed by atoms with Gasteiger partial charge in [0.25, 0.3) is 5.91 Å². The van der Waals surface area contributed by atoms with Crippen LogP contribution in [0.3, 0.4) is 0 Å². The Balaban J connectivity index is 1.33. The lowest BCUT2D eigenvalue weighted by Gasteiger charge is -2.35. The van der Waals surface area contributed by atoms with Gasteiger partial charge in [-0.25, -0.2) is 0 Å². The van der Waals surface area contributed by atoms with E-state index in [1.807, 2.05) is 28.0 Å². The van der Waals surface area contributed by atoms with Crippen molar-refractivity contribution < 1.29 is 9.59 Å². The molecule has 1 saturated carbocycles. The number of hydrogen-bond acceptors (Lipinski definition) is 3. The molecule has 1 aliphatic carbocycles. The molecule has 26 heavy (non-hydrogen) atoms. The minimum Gasteiger partial charge on any atom is -0.372 e. The summed E-state index contributed by atoms with van der Waals surface area (Å²) in [7, 11) is 0. The summed E-state index contributed by atoms with van der Waals surface area (Å²) in [6.45, 7) is 6.98. The van der Waals surface area contributed by atoms with Crippen LogP contribution in [0.15, 0.2) is 24.3 Å². The lowest BCUT2D eigenvalue weighted by molar-refractivity contribution is -0.133. The summed E-state index contributed by atoms with van der Waals surface area (Å²) < 4.78 is 0. The van der Waals surface area contributed by atoms with Crippen molar-refractivity contribution in [2.45, 2.75) is 32.6 Å². The highest BCUT2D eigenvalue weighted by molar-refractivity contribution is 5.95. The molecule has 2 atom stereocenters. The Bertz CT molecular complexity index is 676. The van der Waals surface area contributed by atoms with Crippen molar-refractivity contribution in [3.8, 4) is 0 Å². The van der Waals surface area contributed by atoms with E-state index < -0.39 is 0 Å². The fraction of sp³-hybridized carbons (Fsp3) is 0.619. The molecule has 0 spiro atoms. The topological polar surface area (TPSA) is 43.9 Å². The zero-order valence-corrected chi connectivity index (χ0v) is 15.7. The molecular formula is C21H29N3O2. The summed E-state index contributed by atoms with van der Waals surface area (Å²) in [5.74, 6) is 1.66. The SMILES string of the molecule is CC1CC1CC(=O)N1CCN(C(=O)c2cccc(N3CCCC3)c2)CC1. The third kappa shape index (κ3) is 3.71. The number of amides is 2. The Morgan fingerprint density at radius 2 is 1.65 bits per heavy atom. The lowest BCUT2D eigenvalue weighted by atomic mass is 10.1. The first-order chi connectivity index (χ1) is 12.6. The number of nitrogens with zero attached hydrogens (tertiary/aromatic N) is 3. The maximum Gasteiger partial charge on any atom is 0.254 e. The van der Waals surface area contributed by atoms with Crippen molar-refractivity contribution in [2.24, 2.45) is 11.8 Å². The first kappa shape index (κ1) is 17.4. The minimum absolute atomic E-state index is 0.0916. The van der Waals surface area contributed by atoms with Crippen molar-refractivity contribution in [2.75, 3.05) is 44.2 Å². The second-order valence-electron chi connectivity index (χ2n) is 8.09. The normalized spacial score (nSPS) is 25.5. The van der Waals surface area contributed by atoms with Crippen LogP contribution in [-0.4, -0.2) is 60.9 Å². The second kappa shape index (κ2) is 7.29. The number of rotatable bonds is 4. The molecule has 5 nitrogen and oxygen atoms in total. The third-order valence-electron chi connectivity index (χ3n) is 6.20. The molecule has 0 N–H and O–H groups in total. The monoisotopic (exact) mass is 355 g/mol. The summed E-state index contributed by atoms with van der Waals surface area (Å²) >= 11 is 0. The molecule has 2 unspecified atom stereocenters. The quantitative estimate of drug-likeness (QED) is 0.834. The molecule has 2 heterocycles. The highest BCUT2D eigenvalue weighted by atomic mass is 16.2. The first-order valence-electron chi connectivity index (χ1n) is 10.0. The summed E-state index contributed by atoms with van der Waals surface area (Å²) in [6.07, 6.45) is 4.34. The fourth-order valence-electron chi connectivity index (χ4n) is 4.19. The number of carbonyl (C=O) groups is 2. The molecule has 0 aromatic heterocycles. The molecule has 3 fully saturated rings. The molecule has 1 aromatic rings. The maximum absolute atomic E-state index is 12.9. The minimum atomic E-state index is 0.0916. The molecule has 3 aliphatic rings. The van der Waals surface area contributed by atoms with Crippen LogP contribution >= 0.6 is 0 Å². The van der Waals surface area contributed by atoms with Crippen LogP contribution in [-0.2, 0) is 4.79 Å². The molecule has 2 saturated heterocycles. The Kier molecular flexibility index (Phi) is 4.88. The average Bonchev–Trinajstić information content (AvgIpc) is 3.14. The van der Waals surface area contributed by atoms with Crippen molar-refractivity contribution in [3.05, 3.63) is 29.8 Å². The highest BCUT2D eigenvalue weighted by Crippen LogP contribution is 2.40. The van der Waals surface area contributed by atoms with E-state index in [1.54, 1.807) is 0 Å². The number of benzene rings is 1. The molecule has 4 rings (SSSR count). The van der Waals surface area contributed by atoms with Crippen LogP contribution in [0.1, 0.15) is 43.0 Å². The van der Waals surface area contributed by atoms with E-state index in [0.29, 0.717) is 44.4 Å². The van der Waals surface area contributed by atoms with Crippen molar-refractivity contribution >= 4 is 17.5 Å². The average molecular weight is 355 g/mol. The predicted molar refractivity (Wildman–Crippen MR) is 102 cm³/mol. The van der Waals surface area contributed by atoms with Gasteiger partial charge in [0.2, 0.25) is 5.91 Å². The van der Waals surface area contributed by atoms with E-state index in [9.17, 15) is 9.59 Å². The van der Waals surface area contributed by atoms with Gasteiger partial charge in [-0.15, -0.1) is 0 Å². The zero-order chi connectivity index (χ0) is 18.1. The van der Waals surface area contributed by atoms with E-state index in [2.05, 4.69) is 17.9 Å². The van der Waals surface area contributed by atoms with Gasteiger partial charge in [0.1, 0.15) is 0 Å². The predicted octanol–water partition coefficient (Wildman–Crippen LogP) is 2.62. The van der Waals surface area contributed by atoms with E-state index in [4.69, 9.17) is 0 Å². The van der Waals surface area contributed by atoms with Gasteiger partial charge in [0, 0.05) is 56.9 Å². The number of hydrogen-bond donors (Lipinski definition) is 0. The van der Waals surface area contributed by atoms with Gasteiger partial charge in [0.15, 0.2) is 0 Å². The standard InChI is InChI=1S/C21H29N3O2/c1-16-13-18(16)15-20(25)23-9-11-24(12-10-23)21(26)17-5-4-6-19(14-17)22-7-2-3-8-22/h4-6,14,16,18H,2-3,7-13,15H2,1H3. The molecule has 5 heteroatoms. The van der Waals surface area contributed by atoms with Gasteiger partial charge < -0.3 is 14.7 Å². The van der Waals surface area contributed by atoms with Crippen LogP contribution in [0.4, 0.5) is 5.69 Å². The van der Waals surface area contributed by atoms with Crippen molar-refractivity contribution in [1.29, 1.82) is 0 Å². The zero-order valence-electron chi connectivity index (χ0n) is 15.7. The Morgan fingerprint density at radius 1 is 1.00 bits per heavy atom. The second-order valence-corrected chi connectivity index (χ2v) is 8.09. The van der Waals surface area contributed by atoms with E-state index in [1.165, 1.54) is 19.3 Å². The van der Waals surface area contributed by atoms with Gasteiger partial charge >= 0.3 is 0 Å². The Hall–Kier alpha value is -2.04. The molecule has 0 radical (unpaired) electrons. The van der Waals surface area contributed by atoms with Crippen LogP contribution in [0.2, 0.25) is 0 Å². The van der Waals surface area contributed by atoms with Crippen molar-refractivity contribution in [3.63, 3.8) is 0 Å². The van der Waals surface area contributed by atoms with Crippen LogP contribution < -0.4 is 4.90 Å². The molecule has 0 bridgehead atoms. The van der Waals surface area contributed by atoms with Gasteiger partial charge in [0.05, 0.1) is 0 Å². The summed E-state index contributed by atoms with van der Waals surface area (Å²) in [6, 6.07) is 8.02.